The zero-order valence-corrected chi connectivity index (χ0v) is 5.27. The summed E-state index contributed by atoms with van der Waals surface area (Å²) >= 11 is 0.970. The minimum atomic E-state index is 0.970. The van der Waals surface area contributed by atoms with Gasteiger partial charge in [-0.1, -0.05) is 0 Å². The van der Waals surface area contributed by atoms with Crippen LogP contribution in [0.4, 0.5) is 0 Å². The van der Waals surface area contributed by atoms with E-state index in [1.165, 1.54) is 19.4 Å². The molecule has 1 nitrogen and oxygen atoms in total. The predicted molar refractivity (Wildman–Crippen MR) is 25.5 cm³/mol. The molecule has 2 heteroatoms. The fourth-order valence-electron chi connectivity index (χ4n) is 0.944. The standard InChI is InChI=1S/C4H7NSe/c1-2-4-5(3-1)6-4/h4H,1-3H2. The summed E-state index contributed by atoms with van der Waals surface area (Å²) in [6, 6.07) is 0. The van der Waals surface area contributed by atoms with Gasteiger partial charge in [0.1, 0.15) is 0 Å². The van der Waals surface area contributed by atoms with Crippen LogP contribution in [0.2, 0.25) is 0 Å². The predicted octanol–water partition coefficient (Wildman–Crippen LogP) is 0.0411. The van der Waals surface area contributed by atoms with Gasteiger partial charge in [-0.05, 0) is 0 Å². The van der Waals surface area contributed by atoms with Crippen LogP contribution < -0.4 is 0 Å². The number of fused-ring (bicyclic) bond motifs is 1. The van der Waals surface area contributed by atoms with Crippen LogP contribution in [0.3, 0.4) is 0 Å². The molecule has 2 unspecified atom stereocenters. The maximum atomic E-state index is 2.59. The van der Waals surface area contributed by atoms with Crippen LogP contribution in [0.1, 0.15) is 12.8 Å². The summed E-state index contributed by atoms with van der Waals surface area (Å²) in [5.41, 5.74) is 0. The van der Waals surface area contributed by atoms with Crippen molar-refractivity contribution in [2.45, 2.75) is 17.8 Å². The Balaban J connectivity index is 2.09. The molecule has 0 saturated carbocycles. The SMILES string of the molecule is C1CC2[Se]N2C1. The average molecular weight is 148 g/mol. The van der Waals surface area contributed by atoms with Gasteiger partial charge >= 0.3 is 43.4 Å². The van der Waals surface area contributed by atoms with Gasteiger partial charge in [-0.25, -0.2) is 0 Å². The summed E-state index contributed by atoms with van der Waals surface area (Å²) in [7, 11) is 0. The average Bonchev–Trinajstić information content (AvgIpc) is 2.17. The summed E-state index contributed by atoms with van der Waals surface area (Å²) in [6.45, 7) is 1.42. The number of rotatable bonds is 0. The first-order valence-electron chi connectivity index (χ1n) is 2.40. The van der Waals surface area contributed by atoms with Crippen molar-refractivity contribution in [3.63, 3.8) is 0 Å². The molecule has 6 heavy (non-hydrogen) atoms. The minimum absolute atomic E-state index is 0.970. The van der Waals surface area contributed by atoms with Gasteiger partial charge in [0.05, 0.1) is 0 Å². The van der Waals surface area contributed by atoms with Crippen LogP contribution in [-0.2, 0) is 0 Å². The van der Waals surface area contributed by atoms with E-state index in [4.69, 9.17) is 0 Å². The quantitative estimate of drug-likeness (QED) is 0.346. The Labute approximate surface area is 44.1 Å². The first kappa shape index (κ1) is 3.48. The number of nitrogens with zero attached hydrogens (tertiary/aromatic N) is 1. The third-order valence-electron chi connectivity index (χ3n) is 1.36. The fraction of sp³-hybridized carbons (Fsp3) is 1.00. The van der Waals surface area contributed by atoms with E-state index in [9.17, 15) is 0 Å². The van der Waals surface area contributed by atoms with Crippen molar-refractivity contribution in [3.8, 4) is 0 Å². The molecular weight excluding hydrogens is 141 g/mol. The van der Waals surface area contributed by atoms with Gasteiger partial charge in [0.15, 0.2) is 0 Å². The van der Waals surface area contributed by atoms with Crippen molar-refractivity contribution >= 4 is 15.2 Å². The Kier molecular flexibility index (Phi) is 0.580. The Hall–Kier alpha value is 0.479. The molecule has 0 radical (unpaired) electrons. The summed E-state index contributed by atoms with van der Waals surface area (Å²) in [5.74, 6) is 0. The van der Waals surface area contributed by atoms with E-state index >= 15 is 0 Å². The van der Waals surface area contributed by atoms with Crippen LogP contribution >= 0.6 is 0 Å². The van der Waals surface area contributed by atoms with Crippen LogP contribution in [0.25, 0.3) is 0 Å². The molecule has 0 aromatic rings. The molecule has 0 aromatic heterocycles. The second-order valence-corrected chi connectivity index (χ2v) is 4.41. The molecule has 2 heterocycles. The van der Waals surface area contributed by atoms with Crippen molar-refractivity contribution in [1.29, 1.82) is 0 Å². The molecule has 0 N–H and O–H groups in total. The molecule has 0 bridgehead atoms. The molecule has 2 fully saturated rings. The third kappa shape index (κ3) is 0.348. The molecule has 0 aliphatic carbocycles. The Morgan fingerprint density at radius 3 is 2.83 bits per heavy atom. The number of hydrogen-bond donors (Lipinski definition) is 0. The summed E-state index contributed by atoms with van der Waals surface area (Å²) < 4.78 is 2.59. The fourth-order valence-corrected chi connectivity index (χ4v) is 2.99. The molecule has 0 spiro atoms. The molecule has 0 amide bonds. The van der Waals surface area contributed by atoms with E-state index in [0.717, 1.165) is 20.1 Å². The molecule has 2 atom stereocenters. The normalized spacial score (nSPS) is 52.0. The molecule has 0 aromatic carbocycles. The second kappa shape index (κ2) is 1.00. The molecule has 2 saturated heterocycles. The van der Waals surface area contributed by atoms with Crippen LogP contribution in [0, 0.1) is 0 Å². The monoisotopic (exact) mass is 149 g/mol. The summed E-state index contributed by atoms with van der Waals surface area (Å²) in [4.78, 5) is 1.11. The molecule has 2 rings (SSSR count). The van der Waals surface area contributed by atoms with E-state index in [2.05, 4.69) is 3.92 Å². The van der Waals surface area contributed by atoms with Crippen molar-refractivity contribution in [2.75, 3.05) is 6.54 Å². The van der Waals surface area contributed by atoms with E-state index in [1.807, 2.05) is 0 Å². The molecular formula is C4H7NSe. The molecule has 34 valence electrons. The van der Waals surface area contributed by atoms with Crippen LogP contribution in [0.5, 0.6) is 0 Å². The Bertz CT molecular complexity index is 65.9. The van der Waals surface area contributed by atoms with Crippen LogP contribution in [-0.4, -0.2) is 30.6 Å². The Morgan fingerprint density at radius 2 is 2.67 bits per heavy atom. The van der Waals surface area contributed by atoms with E-state index in [0.29, 0.717) is 0 Å². The van der Waals surface area contributed by atoms with Crippen molar-refractivity contribution < 1.29 is 0 Å². The van der Waals surface area contributed by atoms with E-state index in [-0.39, 0.29) is 0 Å². The topological polar surface area (TPSA) is 3.01 Å². The first-order valence-corrected chi connectivity index (χ1v) is 4.16. The first-order chi connectivity index (χ1) is 2.97. The van der Waals surface area contributed by atoms with Gasteiger partial charge in [-0.2, -0.15) is 0 Å². The van der Waals surface area contributed by atoms with Gasteiger partial charge in [-0.3, -0.25) is 0 Å². The Morgan fingerprint density at radius 1 is 1.67 bits per heavy atom. The maximum absolute atomic E-state index is 2.59. The van der Waals surface area contributed by atoms with Gasteiger partial charge in [0.25, 0.3) is 0 Å². The third-order valence-corrected chi connectivity index (χ3v) is 3.93. The van der Waals surface area contributed by atoms with Crippen LogP contribution in [0.15, 0.2) is 0 Å². The second-order valence-electron chi connectivity index (χ2n) is 1.84. The van der Waals surface area contributed by atoms with Crippen molar-refractivity contribution in [2.24, 2.45) is 0 Å². The van der Waals surface area contributed by atoms with E-state index < -0.39 is 0 Å². The molecule has 2 aliphatic heterocycles. The van der Waals surface area contributed by atoms with Gasteiger partial charge in [-0.15, -0.1) is 0 Å². The summed E-state index contributed by atoms with van der Waals surface area (Å²) in [6.07, 6.45) is 2.99. The zero-order valence-electron chi connectivity index (χ0n) is 3.55. The zero-order chi connectivity index (χ0) is 3.98. The van der Waals surface area contributed by atoms with Gasteiger partial charge < -0.3 is 0 Å². The number of hydrogen-bond acceptors (Lipinski definition) is 1. The molecule has 2 aliphatic rings. The van der Waals surface area contributed by atoms with E-state index in [1.54, 1.807) is 0 Å². The van der Waals surface area contributed by atoms with Gasteiger partial charge in [0.2, 0.25) is 0 Å². The van der Waals surface area contributed by atoms with Crippen molar-refractivity contribution in [3.05, 3.63) is 0 Å². The van der Waals surface area contributed by atoms with Gasteiger partial charge in [0, 0.05) is 0 Å². The summed E-state index contributed by atoms with van der Waals surface area (Å²) in [5, 5.41) is 0. The van der Waals surface area contributed by atoms with Crippen molar-refractivity contribution in [1.82, 2.24) is 3.92 Å².